The van der Waals surface area contributed by atoms with Crippen LogP contribution in [0.3, 0.4) is 0 Å². The van der Waals surface area contributed by atoms with Gasteiger partial charge in [-0.3, -0.25) is 9.69 Å². The van der Waals surface area contributed by atoms with Crippen molar-refractivity contribution in [3.05, 3.63) is 71.8 Å². The summed E-state index contributed by atoms with van der Waals surface area (Å²) in [5.74, 6) is -1.71. The van der Waals surface area contributed by atoms with Crippen molar-refractivity contribution in [2.75, 3.05) is 13.1 Å². The highest BCUT2D eigenvalue weighted by Crippen LogP contribution is 2.10. The molecule has 2 aromatic carbocycles. The van der Waals surface area contributed by atoms with E-state index in [1.165, 1.54) is 0 Å². The Hall–Kier alpha value is -2.70. The summed E-state index contributed by atoms with van der Waals surface area (Å²) in [6, 6.07) is 19.6. The van der Waals surface area contributed by atoms with Gasteiger partial charge in [-0.1, -0.05) is 60.7 Å². The zero-order valence-electron chi connectivity index (χ0n) is 14.8. The maximum atomic E-state index is 12.2. The molecule has 0 aromatic heterocycles. The molecule has 138 valence electrons. The van der Waals surface area contributed by atoms with Crippen molar-refractivity contribution < 1.29 is 19.8 Å². The van der Waals surface area contributed by atoms with E-state index in [-0.39, 0.29) is 19.0 Å². The second kappa shape index (κ2) is 9.12. The number of carboxylic acid groups (broad SMARTS) is 1. The maximum absolute atomic E-state index is 12.2. The Labute approximate surface area is 153 Å². The molecule has 0 bridgehead atoms. The fourth-order valence-electron chi connectivity index (χ4n) is 2.46. The standard InChI is InChI=1S/C20H24N2O4/c1-20(26,19(24)25)15-21-18(23)14-22(12-16-8-4-2-5-9-16)13-17-10-6-3-7-11-17/h2-11,26H,12-15H2,1H3,(H,21,23)(H,24,25). The highest BCUT2D eigenvalue weighted by Gasteiger charge is 2.30. The molecule has 0 aliphatic heterocycles. The van der Waals surface area contributed by atoms with Crippen LogP contribution in [0.2, 0.25) is 0 Å². The number of aliphatic hydroxyl groups is 1. The number of benzene rings is 2. The van der Waals surface area contributed by atoms with Crippen molar-refractivity contribution in [1.82, 2.24) is 10.2 Å². The first-order valence-corrected chi connectivity index (χ1v) is 8.39. The maximum Gasteiger partial charge on any atom is 0.337 e. The van der Waals surface area contributed by atoms with Gasteiger partial charge in [-0.2, -0.15) is 0 Å². The van der Waals surface area contributed by atoms with Crippen molar-refractivity contribution in [3.8, 4) is 0 Å². The lowest BCUT2D eigenvalue weighted by molar-refractivity contribution is -0.156. The van der Waals surface area contributed by atoms with Crippen molar-refractivity contribution in [1.29, 1.82) is 0 Å². The molecular weight excluding hydrogens is 332 g/mol. The molecule has 0 aliphatic carbocycles. The van der Waals surface area contributed by atoms with E-state index >= 15 is 0 Å². The third-order valence-corrected chi connectivity index (χ3v) is 3.96. The molecular formula is C20H24N2O4. The number of nitrogens with one attached hydrogen (secondary N) is 1. The Morgan fingerprint density at radius 3 is 1.85 bits per heavy atom. The molecule has 0 aliphatic rings. The van der Waals surface area contributed by atoms with E-state index in [0.29, 0.717) is 13.1 Å². The van der Waals surface area contributed by atoms with Gasteiger partial charge in [-0.15, -0.1) is 0 Å². The van der Waals surface area contributed by atoms with Crippen LogP contribution in [0.4, 0.5) is 0 Å². The lowest BCUT2D eigenvalue weighted by Gasteiger charge is -2.23. The molecule has 0 fully saturated rings. The van der Waals surface area contributed by atoms with Crippen LogP contribution in [0.5, 0.6) is 0 Å². The summed E-state index contributed by atoms with van der Waals surface area (Å²) in [6.07, 6.45) is 0. The van der Waals surface area contributed by atoms with Crippen LogP contribution in [0.1, 0.15) is 18.1 Å². The minimum atomic E-state index is -1.99. The number of carbonyl (C=O) groups excluding carboxylic acids is 1. The van der Waals surface area contributed by atoms with E-state index in [0.717, 1.165) is 18.1 Å². The van der Waals surface area contributed by atoms with Gasteiger partial charge in [0.05, 0.1) is 13.1 Å². The van der Waals surface area contributed by atoms with Gasteiger partial charge in [0.25, 0.3) is 0 Å². The topological polar surface area (TPSA) is 89.9 Å². The van der Waals surface area contributed by atoms with Crippen LogP contribution in [-0.4, -0.2) is 45.7 Å². The minimum absolute atomic E-state index is 0.0967. The molecule has 6 nitrogen and oxygen atoms in total. The Morgan fingerprint density at radius 1 is 0.962 bits per heavy atom. The normalized spacial score (nSPS) is 13.2. The number of rotatable bonds is 9. The van der Waals surface area contributed by atoms with E-state index in [9.17, 15) is 14.7 Å². The number of hydrogen-bond acceptors (Lipinski definition) is 4. The van der Waals surface area contributed by atoms with Gasteiger partial charge in [-0.25, -0.2) is 4.79 Å². The van der Waals surface area contributed by atoms with Crippen LogP contribution in [0, 0.1) is 0 Å². The summed E-state index contributed by atoms with van der Waals surface area (Å²) in [6.45, 7) is 2.07. The van der Waals surface area contributed by atoms with Crippen molar-refractivity contribution in [3.63, 3.8) is 0 Å². The Kier molecular flexibility index (Phi) is 6.89. The molecule has 0 radical (unpaired) electrons. The zero-order chi connectivity index (χ0) is 19.0. The van der Waals surface area contributed by atoms with Crippen LogP contribution >= 0.6 is 0 Å². The Balaban J connectivity index is 2.01. The van der Waals surface area contributed by atoms with Gasteiger partial charge >= 0.3 is 5.97 Å². The second-order valence-corrected chi connectivity index (χ2v) is 6.47. The Morgan fingerprint density at radius 2 is 1.42 bits per heavy atom. The van der Waals surface area contributed by atoms with Crippen LogP contribution in [0.15, 0.2) is 60.7 Å². The molecule has 2 rings (SSSR count). The highest BCUT2D eigenvalue weighted by molar-refractivity contribution is 5.81. The summed E-state index contributed by atoms with van der Waals surface area (Å²) in [5, 5.41) is 21.1. The second-order valence-electron chi connectivity index (χ2n) is 6.47. The first kappa shape index (κ1) is 19.6. The van der Waals surface area contributed by atoms with Crippen LogP contribution in [0.25, 0.3) is 0 Å². The smallest absolute Gasteiger partial charge is 0.337 e. The third kappa shape index (κ3) is 6.31. The Bertz CT molecular complexity index is 676. The van der Waals surface area contributed by atoms with Gasteiger partial charge in [0.2, 0.25) is 5.91 Å². The van der Waals surface area contributed by atoms with Gasteiger partial charge in [0.1, 0.15) is 0 Å². The average molecular weight is 356 g/mol. The number of carbonyl (C=O) groups is 2. The number of hydrogen-bond donors (Lipinski definition) is 3. The predicted molar refractivity (Wildman–Crippen MR) is 98.3 cm³/mol. The van der Waals surface area contributed by atoms with Gasteiger partial charge in [0.15, 0.2) is 5.60 Å². The zero-order valence-corrected chi connectivity index (χ0v) is 14.8. The van der Waals surface area contributed by atoms with Gasteiger partial charge < -0.3 is 15.5 Å². The van der Waals surface area contributed by atoms with Gasteiger partial charge in [-0.05, 0) is 18.1 Å². The first-order valence-electron chi connectivity index (χ1n) is 8.39. The minimum Gasteiger partial charge on any atom is -0.479 e. The van der Waals surface area contributed by atoms with E-state index in [4.69, 9.17) is 5.11 Å². The molecule has 1 unspecified atom stereocenters. The molecule has 2 aromatic rings. The van der Waals surface area contributed by atoms with Crippen molar-refractivity contribution >= 4 is 11.9 Å². The summed E-state index contributed by atoms with van der Waals surface area (Å²) in [4.78, 5) is 25.1. The molecule has 0 saturated heterocycles. The predicted octanol–water partition coefficient (Wildman–Crippen LogP) is 1.64. The van der Waals surface area contributed by atoms with E-state index in [2.05, 4.69) is 5.32 Å². The first-order chi connectivity index (χ1) is 12.4. The summed E-state index contributed by atoms with van der Waals surface area (Å²) in [7, 11) is 0. The van der Waals surface area contributed by atoms with Crippen LogP contribution in [-0.2, 0) is 22.7 Å². The van der Waals surface area contributed by atoms with E-state index in [1.807, 2.05) is 65.6 Å². The highest BCUT2D eigenvalue weighted by atomic mass is 16.4. The lowest BCUT2D eigenvalue weighted by Crippen LogP contribution is -2.48. The molecule has 26 heavy (non-hydrogen) atoms. The molecule has 3 N–H and O–H groups in total. The third-order valence-electron chi connectivity index (χ3n) is 3.96. The molecule has 1 atom stereocenters. The average Bonchev–Trinajstić information content (AvgIpc) is 2.61. The molecule has 1 amide bonds. The SMILES string of the molecule is CC(O)(CNC(=O)CN(Cc1ccccc1)Cc1ccccc1)C(=O)O. The number of aliphatic carboxylic acids is 1. The number of amides is 1. The largest absolute Gasteiger partial charge is 0.479 e. The number of carboxylic acids is 1. The van der Waals surface area contributed by atoms with Crippen molar-refractivity contribution in [2.45, 2.75) is 25.6 Å². The quantitative estimate of drug-likeness (QED) is 0.636. The molecule has 0 heterocycles. The van der Waals surface area contributed by atoms with Crippen molar-refractivity contribution in [2.24, 2.45) is 0 Å². The summed E-state index contributed by atoms with van der Waals surface area (Å²) >= 11 is 0. The fourth-order valence-corrected chi connectivity index (χ4v) is 2.46. The molecule has 0 spiro atoms. The lowest BCUT2D eigenvalue weighted by atomic mass is 10.1. The molecule has 0 saturated carbocycles. The number of nitrogens with zero attached hydrogens (tertiary/aromatic N) is 1. The summed E-state index contributed by atoms with van der Waals surface area (Å²) in [5.41, 5.74) is 0.168. The molecule has 6 heteroatoms. The van der Waals surface area contributed by atoms with E-state index < -0.39 is 11.6 Å². The monoisotopic (exact) mass is 356 g/mol. The fraction of sp³-hybridized carbons (Fsp3) is 0.300. The van der Waals surface area contributed by atoms with Gasteiger partial charge in [0, 0.05) is 13.1 Å². The summed E-state index contributed by atoms with van der Waals surface area (Å²) < 4.78 is 0. The van der Waals surface area contributed by atoms with Crippen LogP contribution < -0.4 is 5.32 Å². The van der Waals surface area contributed by atoms with E-state index in [1.54, 1.807) is 0 Å².